The first-order valence-electron chi connectivity index (χ1n) is 0.563. The van der Waals surface area contributed by atoms with Crippen LogP contribution in [-0.2, 0) is 4.29 Å². The van der Waals surface area contributed by atoms with Crippen molar-refractivity contribution in [2.24, 2.45) is 0 Å². The van der Waals surface area contributed by atoms with Crippen LogP contribution in [0.4, 0.5) is 0 Å². The molecular formula is CH3ClMgO. The predicted octanol–water partition coefficient (Wildman–Crippen LogP) is 0.406. The average molecular weight is 90.8 g/mol. The lowest BCUT2D eigenvalue weighted by Gasteiger charge is -1.54. The van der Waals surface area contributed by atoms with E-state index in [1.807, 2.05) is 0 Å². The first-order chi connectivity index (χ1) is 1.41. The van der Waals surface area contributed by atoms with E-state index < -0.39 is 0 Å². The normalized spacial score (nSPS) is 4.50. The van der Waals surface area contributed by atoms with Crippen LogP contribution in [0.15, 0.2) is 0 Å². The molecule has 0 unspecified atom stereocenters. The average Bonchev–Trinajstić information content (AvgIpc) is 0.918. The van der Waals surface area contributed by atoms with Gasteiger partial charge in [0.05, 0.1) is 19.0 Å². The molecule has 0 aliphatic heterocycles. The molecule has 0 bridgehead atoms. The highest BCUT2D eigenvalue weighted by Gasteiger charge is 1.31. The first-order valence-corrected chi connectivity index (χ1v) is 0.871. The molecule has 2 radical (unpaired) electrons. The molecular weight excluding hydrogens is 87.8 g/mol. The fraction of sp³-hybridized carbons (Fsp3) is 1.00. The van der Waals surface area contributed by atoms with Crippen LogP contribution in [0.3, 0.4) is 0 Å². The van der Waals surface area contributed by atoms with Gasteiger partial charge < -0.3 is 0 Å². The molecule has 0 aliphatic carbocycles. The van der Waals surface area contributed by atoms with Crippen LogP contribution in [0.25, 0.3) is 0 Å². The zero-order chi connectivity index (χ0) is 2.71. The van der Waals surface area contributed by atoms with Crippen molar-refractivity contribution in [3.63, 3.8) is 0 Å². The lowest BCUT2D eigenvalue weighted by Crippen LogP contribution is -1.39. The zero-order valence-corrected chi connectivity index (χ0v) is 4.66. The number of halogens is 1. The van der Waals surface area contributed by atoms with Crippen LogP contribution in [0, 0.1) is 0 Å². The van der Waals surface area contributed by atoms with Gasteiger partial charge in [0.15, 0.2) is 0 Å². The number of rotatable bonds is 0. The molecule has 3 heteroatoms. The Morgan fingerprint density at radius 2 is 1.75 bits per heavy atom. The van der Waals surface area contributed by atoms with E-state index in [1.54, 1.807) is 0 Å². The molecule has 0 aromatic heterocycles. The third-order valence-electron chi connectivity index (χ3n) is 0. The van der Waals surface area contributed by atoms with Gasteiger partial charge in [-0.3, -0.25) is 4.29 Å². The van der Waals surface area contributed by atoms with Crippen molar-refractivity contribution < 1.29 is 4.29 Å². The van der Waals surface area contributed by atoms with Gasteiger partial charge in [0, 0.05) is 23.1 Å². The Morgan fingerprint density at radius 1 is 1.75 bits per heavy atom. The van der Waals surface area contributed by atoms with Gasteiger partial charge in [0.2, 0.25) is 0 Å². The molecule has 0 fully saturated rings. The Morgan fingerprint density at radius 3 is 1.75 bits per heavy atom. The van der Waals surface area contributed by atoms with Gasteiger partial charge in [-0.25, -0.2) is 0 Å². The van der Waals surface area contributed by atoms with Gasteiger partial charge in [-0.05, 0) is 0 Å². The highest BCUT2D eigenvalue weighted by atomic mass is 35.5. The van der Waals surface area contributed by atoms with Crippen LogP contribution in [0.1, 0.15) is 0 Å². The van der Waals surface area contributed by atoms with E-state index in [2.05, 4.69) is 16.2 Å². The summed E-state index contributed by atoms with van der Waals surface area (Å²) in [6.45, 7) is 0. The topological polar surface area (TPSA) is 9.23 Å². The molecule has 0 rings (SSSR count). The van der Waals surface area contributed by atoms with E-state index >= 15 is 0 Å². The van der Waals surface area contributed by atoms with Crippen LogP contribution in [0.5, 0.6) is 0 Å². The van der Waals surface area contributed by atoms with Crippen LogP contribution in [-0.4, -0.2) is 30.2 Å². The molecule has 0 saturated heterocycles. The molecule has 0 heterocycles. The quantitative estimate of drug-likeness (QED) is 0.392. The van der Waals surface area contributed by atoms with Crippen molar-refractivity contribution >= 4 is 34.9 Å². The van der Waals surface area contributed by atoms with E-state index in [-0.39, 0.29) is 23.1 Å². The number of hydrogen-bond acceptors (Lipinski definition) is 1. The fourth-order valence-electron chi connectivity index (χ4n) is 0. The Balaban J connectivity index is 0. The van der Waals surface area contributed by atoms with Gasteiger partial charge in [-0.1, -0.05) is 0 Å². The summed E-state index contributed by atoms with van der Waals surface area (Å²) < 4.78 is 3.72. The van der Waals surface area contributed by atoms with E-state index in [4.69, 9.17) is 0 Å². The maximum absolute atomic E-state index is 4.50. The van der Waals surface area contributed by atoms with E-state index in [0.29, 0.717) is 0 Å². The SMILES string of the molecule is COCl.[Mg]. The van der Waals surface area contributed by atoms with Gasteiger partial charge in [0.25, 0.3) is 0 Å². The summed E-state index contributed by atoms with van der Waals surface area (Å²) in [4.78, 5) is 0. The summed E-state index contributed by atoms with van der Waals surface area (Å²) in [5, 5.41) is 0. The molecule has 22 valence electrons. The fourth-order valence-corrected chi connectivity index (χ4v) is 0. The summed E-state index contributed by atoms with van der Waals surface area (Å²) in [7, 11) is 1.39. The van der Waals surface area contributed by atoms with Crippen molar-refractivity contribution in [3.05, 3.63) is 0 Å². The molecule has 0 aromatic carbocycles. The third kappa shape index (κ3) is 11.9. The van der Waals surface area contributed by atoms with E-state index in [0.717, 1.165) is 0 Å². The standard InChI is InChI=1S/CH3ClO.Mg/c1-3-2;/h1H3;. The van der Waals surface area contributed by atoms with Crippen molar-refractivity contribution in [1.82, 2.24) is 0 Å². The second-order valence-electron chi connectivity index (χ2n) is 0.154. The Hall–Kier alpha value is 1.02. The minimum Gasteiger partial charge on any atom is -0.283 e. The molecule has 0 N–H and O–H groups in total. The van der Waals surface area contributed by atoms with Crippen molar-refractivity contribution in [3.8, 4) is 0 Å². The molecule has 0 amide bonds. The van der Waals surface area contributed by atoms with Crippen LogP contribution in [0.2, 0.25) is 0 Å². The molecule has 0 saturated carbocycles. The van der Waals surface area contributed by atoms with E-state index in [1.165, 1.54) is 7.11 Å². The van der Waals surface area contributed by atoms with Crippen molar-refractivity contribution in [2.45, 2.75) is 0 Å². The molecule has 1 nitrogen and oxygen atoms in total. The van der Waals surface area contributed by atoms with E-state index in [9.17, 15) is 0 Å². The summed E-state index contributed by atoms with van der Waals surface area (Å²) in [5.41, 5.74) is 0. The Bertz CT molecular complexity index is 8.00. The summed E-state index contributed by atoms with van der Waals surface area (Å²) >= 11 is 4.50. The number of hydrogen-bond donors (Lipinski definition) is 0. The smallest absolute Gasteiger partial charge is 0.0606 e. The highest BCUT2D eigenvalue weighted by molar-refractivity contribution is 6.07. The monoisotopic (exact) mass is 90.0 g/mol. The summed E-state index contributed by atoms with van der Waals surface area (Å²) in [5.74, 6) is 0. The molecule has 0 spiro atoms. The van der Waals surface area contributed by atoms with Crippen molar-refractivity contribution in [1.29, 1.82) is 0 Å². The minimum absolute atomic E-state index is 0. The summed E-state index contributed by atoms with van der Waals surface area (Å²) in [6.07, 6.45) is 0. The second kappa shape index (κ2) is 8.99. The Labute approximate surface area is 46.6 Å². The van der Waals surface area contributed by atoms with Gasteiger partial charge >= 0.3 is 0 Å². The van der Waals surface area contributed by atoms with Crippen LogP contribution >= 0.6 is 11.9 Å². The molecule has 0 aromatic rings. The molecule has 0 atom stereocenters. The minimum atomic E-state index is 0. The Kier molecular flexibility index (Phi) is 20.0. The molecule has 4 heavy (non-hydrogen) atoms. The molecule has 0 aliphatic rings. The van der Waals surface area contributed by atoms with Crippen molar-refractivity contribution in [2.75, 3.05) is 7.11 Å². The van der Waals surface area contributed by atoms with Gasteiger partial charge in [0.1, 0.15) is 0 Å². The van der Waals surface area contributed by atoms with Crippen LogP contribution < -0.4 is 0 Å². The maximum Gasteiger partial charge on any atom is 0.0606 e. The highest BCUT2D eigenvalue weighted by Crippen LogP contribution is 1.59. The third-order valence-corrected chi connectivity index (χ3v) is 0. The maximum atomic E-state index is 4.50. The lowest BCUT2D eigenvalue weighted by atomic mass is 11.8. The largest absolute Gasteiger partial charge is 0.283 e. The lowest BCUT2D eigenvalue weighted by molar-refractivity contribution is 0.463. The predicted molar refractivity (Wildman–Crippen MR) is 18.6 cm³/mol. The second-order valence-corrected chi connectivity index (χ2v) is 0.463. The van der Waals surface area contributed by atoms with Gasteiger partial charge in [-0.2, -0.15) is 0 Å². The summed E-state index contributed by atoms with van der Waals surface area (Å²) in [6, 6.07) is 0. The first kappa shape index (κ1) is 8.89. The van der Waals surface area contributed by atoms with Gasteiger partial charge in [-0.15, -0.1) is 0 Å². The zero-order valence-electron chi connectivity index (χ0n) is 2.49.